The molecule has 0 spiro atoms. The van der Waals surface area contributed by atoms with E-state index in [2.05, 4.69) is 142 Å². The quantitative estimate of drug-likeness (QED) is 0.0262. The molecule has 0 rings (SSSR count). The summed E-state index contributed by atoms with van der Waals surface area (Å²) in [6, 6.07) is 0. The molecule has 0 fully saturated rings. The maximum absolute atomic E-state index is 12.8. The molecule has 6 nitrogen and oxygen atoms in total. The van der Waals surface area contributed by atoms with Crippen LogP contribution in [0.3, 0.4) is 0 Å². The fraction of sp³-hybridized carbons (Fsp3) is 0.623. The van der Waals surface area contributed by atoms with E-state index < -0.39 is 6.10 Å². The van der Waals surface area contributed by atoms with Gasteiger partial charge < -0.3 is 14.2 Å². The predicted octanol–water partition coefficient (Wildman–Crippen LogP) is 18.1. The van der Waals surface area contributed by atoms with Gasteiger partial charge in [-0.05, 0) is 128 Å². The SMILES string of the molecule is CC/C=C\C/C=C\C/C=C\C/C=C\C/C=C\CCCCCC(=O)OC[C@@H](COC(=O)CCCCCCC/C=C\CCCCCCCC)OC(=O)CCCC/C=C\C/C=C\C/C=C\C/C=C\CC. The number of ether oxygens (including phenoxy) is 3. The zero-order valence-corrected chi connectivity index (χ0v) is 43.1. The van der Waals surface area contributed by atoms with Crippen molar-refractivity contribution in [3.05, 3.63) is 122 Å². The lowest BCUT2D eigenvalue weighted by Gasteiger charge is -2.18. The summed E-state index contributed by atoms with van der Waals surface area (Å²) in [5.74, 6) is -1.00. The number of hydrogen-bond donors (Lipinski definition) is 0. The zero-order valence-electron chi connectivity index (χ0n) is 43.1. The van der Waals surface area contributed by atoms with Gasteiger partial charge in [0.1, 0.15) is 13.2 Å². The van der Waals surface area contributed by atoms with E-state index in [1.165, 1.54) is 51.4 Å². The lowest BCUT2D eigenvalue weighted by molar-refractivity contribution is -0.167. The van der Waals surface area contributed by atoms with Crippen LogP contribution in [-0.2, 0) is 28.6 Å². The van der Waals surface area contributed by atoms with Crippen LogP contribution in [0.1, 0.15) is 226 Å². The first kappa shape index (κ1) is 62.8. The molecule has 1 atom stereocenters. The molecule has 378 valence electrons. The van der Waals surface area contributed by atoms with Crippen LogP contribution in [0.5, 0.6) is 0 Å². The summed E-state index contributed by atoms with van der Waals surface area (Å²) in [6.45, 7) is 6.32. The lowest BCUT2D eigenvalue weighted by atomic mass is 10.1. The summed E-state index contributed by atoms with van der Waals surface area (Å²) in [7, 11) is 0. The van der Waals surface area contributed by atoms with Gasteiger partial charge in [0.25, 0.3) is 0 Å². The van der Waals surface area contributed by atoms with Crippen molar-refractivity contribution in [1.29, 1.82) is 0 Å². The van der Waals surface area contributed by atoms with Crippen LogP contribution in [-0.4, -0.2) is 37.2 Å². The van der Waals surface area contributed by atoms with Crippen molar-refractivity contribution in [2.24, 2.45) is 0 Å². The van der Waals surface area contributed by atoms with E-state index in [1.54, 1.807) is 0 Å². The number of unbranched alkanes of at least 4 members (excludes halogenated alkanes) is 16. The topological polar surface area (TPSA) is 78.9 Å². The fourth-order valence-electron chi connectivity index (χ4n) is 6.92. The summed E-state index contributed by atoms with van der Waals surface area (Å²) in [5, 5.41) is 0. The fourth-order valence-corrected chi connectivity index (χ4v) is 6.92. The van der Waals surface area contributed by atoms with Crippen LogP contribution in [0.2, 0.25) is 0 Å². The monoisotopic (exact) mass is 927 g/mol. The van der Waals surface area contributed by atoms with Crippen molar-refractivity contribution in [1.82, 2.24) is 0 Å². The Hall–Kier alpha value is -4.19. The minimum Gasteiger partial charge on any atom is -0.462 e. The highest BCUT2D eigenvalue weighted by Crippen LogP contribution is 2.12. The summed E-state index contributed by atoms with van der Waals surface area (Å²) in [5.41, 5.74) is 0. The Morgan fingerprint density at radius 1 is 0.313 bits per heavy atom. The molecule has 0 aromatic carbocycles. The third-order valence-corrected chi connectivity index (χ3v) is 10.9. The zero-order chi connectivity index (χ0) is 48.6. The number of hydrogen-bond acceptors (Lipinski definition) is 6. The molecule has 0 aliphatic heterocycles. The second-order valence-corrected chi connectivity index (χ2v) is 17.4. The third-order valence-electron chi connectivity index (χ3n) is 10.9. The van der Waals surface area contributed by atoms with E-state index >= 15 is 0 Å². The summed E-state index contributed by atoms with van der Waals surface area (Å²) < 4.78 is 16.8. The van der Waals surface area contributed by atoms with E-state index in [4.69, 9.17) is 14.2 Å². The third kappa shape index (κ3) is 52.6. The molecule has 0 N–H and O–H groups in total. The summed E-state index contributed by atoms with van der Waals surface area (Å²) in [6.07, 6.45) is 74.7. The molecule has 6 heteroatoms. The number of carbonyl (C=O) groups excluding carboxylic acids is 3. The van der Waals surface area contributed by atoms with Crippen LogP contribution >= 0.6 is 0 Å². The van der Waals surface area contributed by atoms with E-state index in [-0.39, 0.29) is 37.5 Å². The molecular formula is C61H98O6. The standard InChI is InChI=1S/C61H98O6/c1-4-7-10-13-16-19-22-25-28-29-30-31-34-36-39-42-45-48-51-54-60(63)66-57-58(67-61(64)55-52-49-46-43-40-37-33-27-24-21-18-15-12-9-6-3)56-65-59(62)53-50-47-44-41-38-35-32-26-23-20-17-14-11-8-5-2/h7,9-10,12,16,18-19,21,25-28,30-33,36,39-40,43,58H,4-6,8,11,13-15,17,20,22-24,29,34-35,37-38,41-42,44-57H2,1-3H3/b10-7-,12-9-,19-16-,21-18-,28-25-,31-30-,32-26-,33-27-,39-36-,43-40-/t58-/m1/s1. The normalized spacial score (nSPS) is 13.1. The van der Waals surface area contributed by atoms with Crippen LogP contribution in [0, 0.1) is 0 Å². The molecular weight excluding hydrogens is 829 g/mol. The molecule has 0 saturated carbocycles. The number of carbonyl (C=O) groups is 3. The summed E-state index contributed by atoms with van der Waals surface area (Å²) in [4.78, 5) is 38.1. The Morgan fingerprint density at radius 2 is 0.582 bits per heavy atom. The first-order valence-electron chi connectivity index (χ1n) is 27.0. The van der Waals surface area contributed by atoms with Crippen LogP contribution in [0.15, 0.2) is 122 Å². The van der Waals surface area contributed by atoms with Gasteiger partial charge in [-0.3, -0.25) is 14.4 Å². The molecule has 0 aromatic heterocycles. The van der Waals surface area contributed by atoms with E-state index in [0.717, 1.165) is 128 Å². The largest absolute Gasteiger partial charge is 0.462 e. The van der Waals surface area contributed by atoms with Gasteiger partial charge in [0.2, 0.25) is 0 Å². The van der Waals surface area contributed by atoms with Gasteiger partial charge in [0.05, 0.1) is 0 Å². The first-order chi connectivity index (χ1) is 33.0. The Morgan fingerprint density at radius 3 is 0.970 bits per heavy atom. The van der Waals surface area contributed by atoms with Gasteiger partial charge in [-0.1, -0.05) is 200 Å². The average molecular weight is 927 g/mol. The lowest BCUT2D eigenvalue weighted by Crippen LogP contribution is -2.30. The second-order valence-electron chi connectivity index (χ2n) is 17.4. The van der Waals surface area contributed by atoms with Crippen LogP contribution in [0.4, 0.5) is 0 Å². The Bertz CT molecular complexity index is 1440. The highest BCUT2D eigenvalue weighted by atomic mass is 16.6. The minimum atomic E-state index is -0.820. The molecule has 0 saturated heterocycles. The van der Waals surface area contributed by atoms with Gasteiger partial charge in [0.15, 0.2) is 6.10 Å². The molecule has 0 aliphatic rings. The number of rotatable bonds is 47. The first-order valence-corrected chi connectivity index (χ1v) is 27.0. The summed E-state index contributed by atoms with van der Waals surface area (Å²) >= 11 is 0. The molecule has 0 radical (unpaired) electrons. The van der Waals surface area contributed by atoms with Gasteiger partial charge in [-0.2, -0.15) is 0 Å². The molecule has 0 aromatic rings. The van der Waals surface area contributed by atoms with Crippen molar-refractivity contribution in [3.8, 4) is 0 Å². The van der Waals surface area contributed by atoms with Gasteiger partial charge in [0, 0.05) is 19.3 Å². The average Bonchev–Trinajstić information content (AvgIpc) is 3.33. The van der Waals surface area contributed by atoms with Crippen LogP contribution in [0.25, 0.3) is 0 Å². The van der Waals surface area contributed by atoms with Crippen molar-refractivity contribution in [2.75, 3.05) is 13.2 Å². The second kappa shape index (κ2) is 54.4. The van der Waals surface area contributed by atoms with E-state index in [0.29, 0.717) is 19.3 Å². The van der Waals surface area contributed by atoms with Crippen molar-refractivity contribution < 1.29 is 28.6 Å². The molecule has 0 unspecified atom stereocenters. The van der Waals surface area contributed by atoms with Gasteiger partial charge >= 0.3 is 17.9 Å². The predicted molar refractivity (Wildman–Crippen MR) is 288 cm³/mol. The van der Waals surface area contributed by atoms with Crippen molar-refractivity contribution >= 4 is 17.9 Å². The van der Waals surface area contributed by atoms with Crippen molar-refractivity contribution in [3.63, 3.8) is 0 Å². The Kier molecular flexibility index (Phi) is 51.0. The van der Waals surface area contributed by atoms with Gasteiger partial charge in [-0.25, -0.2) is 0 Å². The maximum atomic E-state index is 12.8. The van der Waals surface area contributed by atoms with E-state index in [1.807, 2.05) is 0 Å². The number of esters is 3. The van der Waals surface area contributed by atoms with E-state index in [9.17, 15) is 14.4 Å². The molecule has 67 heavy (non-hydrogen) atoms. The highest BCUT2D eigenvalue weighted by Gasteiger charge is 2.19. The molecule has 0 heterocycles. The minimum absolute atomic E-state index is 0.113. The van der Waals surface area contributed by atoms with Crippen LogP contribution < -0.4 is 0 Å². The Balaban J connectivity index is 4.54. The maximum Gasteiger partial charge on any atom is 0.306 e. The number of allylic oxidation sites excluding steroid dienone is 20. The smallest absolute Gasteiger partial charge is 0.306 e. The van der Waals surface area contributed by atoms with Crippen molar-refractivity contribution in [2.45, 2.75) is 232 Å². The highest BCUT2D eigenvalue weighted by molar-refractivity contribution is 5.71. The molecule has 0 amide bonds. The Labute approximate surface area is 412 Å². The molecule has 0 bridgehead atoms. The van der Waals surface area contributed by atoms with Gasteiger partial charge in [-0.15, -0.1) is 0 Å². The molecule has 0 aliphatic carbocycles.